The molecule has 6 heterocycles. The summed E-state index contributed by atoms with van der Waals surface area (Å²) in [6.45, 7) is 9.31. The minimum Gasteiger partial charge on any atom is -0.377 e. The first kappa shape index (κ1) is 21.8. The SMILES string of the molecule is C[C@@H]1COCCN1c1nc(N2CCOC[C@H]2C)c2cnn(-c3ccn(C4CCCCO4)n3)c2n1. The Morgan fingerprint density at radius 1 is 0.941 bits per heavy atom. The van der Waals surface area contributed by atoms with Crippen molar-refractivity contribution < 1.29 is 14.2 Å². The maximum absolute atomic E-state index is 5.91. The fourth-order valence-corrected chi connectivity index (χ4v) is 5.00. The Kier molecular flexibility index (Phi) is 5.84. The molecule has 11 heteroatoms. The van der Waals surface area contributed by atoms with Crippen LogP contribution in [0.4, 0.5) is 11.8 Å². The molecule has 3 aromatic heterocycles. The Labute approximate surface area is 198 Å². The Hall–Kier alpha value is -2.76. The van der Waals surface area contributed by atoms with Gasteiger partial charge in [-0.25, -0.2) is 4.68 Å². The quantitative estimate of drug-likeness (QED) is 0.571. The van der Waals surface area contributed by atoms with Crippen molar-refractivity contribution in [2.24, 2.45) is 0 Å². The van der Waals surface area contributed by atoms with Crippen LogP contribution in [-0.2, 0) is 14.2 Å². The average molecular weight is 469 g/mol. The Bertz CT molecular complexity index is 1140. The van der Waals surface area contributed by atoms with Crippen molar-refractivity contribution in [1.29, 1.82) is 0 Å². The van der Waals surface area contributed by atoms with Crippen LogP contribution in [0.1, 0.15) is 39.3 Å². The van der Waals surface area contributed by atoms with Gasteiger partial charge in [-0.3, -0.25) is 0 Å². The van der Waals surface area contributed by atoms with Crippen LogP contribution in [0.3, 0.4) is 0 Å². The van der Waals surface area contributed by atoms with Crippen LogP contribution in [0, 0.1) is 0 Å². The summed E-state index contributed by atoms with van der Waals surface area (Å²) in [5, 5.41) is 10.4. The van der Waals surface area contributed by atoms with Crippen LogP contribution in [0.15, 0.2) is 18.5 Å². The summed E-state index contributed by atoms with van der Waals surface area (Å²) in [5.74, 6) is 2.33. The van der Waals surface area contributed by atoms with E-state index in [1.165, 1.54) is 0 Å². The largest absolute Gasteiger partial charge is 0.377 e. The number of ether oxygens (including phenoxy) is 3. The van der Waals surface area contributed by atoms with Crippen molar-refractivity contribution in [3.8, 4) is 5.82 Å². The summed E-state index contributed by atoms with van der Waals surface area (Å²) in [6.07, 6.45) is 7.04. The van der Waals surface area contributed by atoms with Gasteiger partial charge in [0.05, 0.1) is 50.1 Å². The van der Waals surface area contributed by atoms with E-state index in [2.05, 4.69) is 23.6 Å². The fraction of sp³-hybridized carbons (Fsp3) is 0.652. The summed E-state index contributed by atoms with van der Waals surface area (Å²) in [7, 11) is 0. The van der Waals surface area contributed by atoms with E-state index in [9.17, 15) is 0 Å². The lowest BCUT2D eigenvalue weighted by atomic mass is 10.2. The highest BCUT2D eigenvalue weighted by molar-refractivity contribution is 5.89. The number of hydrogen-bond acceptors (Lipinski definition) is 9. The van der Waals surface area contributed by atoms with Gasteiger partial charge in [0.2, 0.25) is 5.95 Å². The number of aromatic nitrogens is 6. The summed E-state index contributed by atoms with van der Waals surface area (Å²) >= 11 is 0. The molecule has 0 saturated carbocycles. The maximum Gasteiger partial charge on any atom is 0.229 e. The van der Waals surface area contributed by atoms with E-state index in [0.29, 0.717) is 32.4 Å². The molecule has 182 valence electrons. The lowest BCUT2D eigenvalue weighted by Gasteiger charge is -2.36. The molecule has 3 aliphatic rings. The molecular formula is C23H32N8O3. The standard InChI is InChI=1S/C23H32N8O3/c1-16-14-32-11-8-28(16)21-18-13-24-31(19-6-7-30(27-19)20-5-3-4-10-34-20)22(18)26-23(25-21)29-9-12-33-15-17(29)2/h6-7,13,16-17,20H,3-5,8-12,14-15H2,1-2H3/t16-,17-,20?/m1/s1. The van der Waals surface area contributed by atoms with E-state index in [1.54, 1.807) is 0 Å². The zero-order chi connectivity index (χ0) is 23.1. The third-order valence-corrected chi connectivity index (χ3v) is 6.92. The molecule has 0 spiro atoms. The van der Waals surface area contributed by atoms with Gasteiger partial charge in [-0.15, -0.1) is 0 Å². The average Bonchev–Trinajstić information content (AvgIpc) is 3.52. The highest BCUT2D eigenvalue weighted by atomic mass is 16.5. The van der Waals surface area contributed by atoms with E-state index in [-0.39, 0.29) is 18.3 Å². The van der Waals surface area contributed by atoms with E-state index in [0.717, 1.165) is 61.6 Å². The van der Waals surface area contributed by atoms with Gasteiger partial charge in [-0.05, 0) is 33.1 Å². The molecule has 0 N–H and O–H groups in total. The highest BCUT2D eigenvalue weighted by Crippen LogP contribution is 2.31. The maximum atomic E-state index is 5.91. The third-order valence-electron chi connectivity index (χ3n) is 6.92. The lowest BCUT2D eigenvalue weighted by molar-refractivity contribution is -0.0395. The first-order chi connectivity index (χ1) is 16.7. The van der Waals surface area contributed by atoms with Crippen LogP contribution in [-0.4, -0.2) is 87.7 Å². The molecular weight excluding hydrogens is 436 g/mol. The second-order valence-electron chi connectivity index (χ2n) is 9.35. The lowest BCUT2D eigenvalue weighted by Crippen LogP contribution is -2.46. The van der Waals surface area contributed by atoms with Gasteiger partial charge in [-0.1, -0.05) is 0 Å². The van der Waals surface area contributed by atoms with Gasteiger partial charge < -0.3 is 24.0 Å². The van der Waals surface area contributed by atoms with E-state index in [4.69, 9.17) is 34.4 Å². The first-order valence-electron chi connectivity index (χ1n) is 12.3. The normalized spacial score (nSPS) is 26.4. The zero-order valence-corrected chi connectivity index (χ0v) is 19.8. The monoisotopic (exact) mass is 468 g/mol. The molecule has 0 amide bonds. The van der Waals surface area contributed by atoms with Gasteiger partial charge >= 0.3 is 0 Å². The fourth-order valence-electron chi connectivity index (χ4n) is 5.00. The molecule has 11 nitrogen and oxygen atoms in total. The van der Waals surface area contributed by atoms with Crippen LogP contribution in [0.5, 0.6) is 0 Å². The number of hydrogen-bond donors (Lipinski definition) is 0. The smallest absolute Gasteiger partial charge is 0.229 e. The number of nitrogens with zero attached hydrogens (tertiary/aromatic N) is 8. The van der Waals surface area contributed by atoms with Crippen molar-refractivity contribution >= 4 is 22.8 Å². The van der Waals surface area contributed by atoms with Crippen molar-refractivity contribution in [3.63, 3.8) is 0 Å². The Balaban J connectivity index is 1.44. The molecule has 3 fully saturated rings. The second kappa shape index (κ2) is 9.12. The van der Waals surface area contributed by atoms with Crippen molar-refractivity contribution in [1.82, 2.24) is 29.5 Å². The number of fused-ring (bicyclic) bond motifs is 1. The van der Waals surface area contributed by atoms with Crippen LogP contribution in [0.2, 0.25) is 0 Å². The molecule has 0 radical (unpaired) electrons. The molecule has 34 heavy (non-hydrogen) atoms. The van der Waals surface area contributed by atoms with Gasteiger partial charge in [0.15, 0.2) is 11.5 Å². The predicted octanol–water partition coefficient (Wildman–Crippen LogP) is 2.16. The van der Waals surface area contributed by atoms with Crippen molar-refractivity contribution in [2.75, 3.05) is 55.9 Å². The summed E-state index contributed by atoms with van der Waals surface area (Å²) in [6, 6.07) is 2.38. The molecule has 0 aromatic carbocycles. The van der Waals surface area contributed by atoms with E-state index in [1.807, 2.05) is 27.8 Å². The Morgan fingerprint density at radius 2 is 1.74 bits per heavy atom. The van der Waals surface area contributed by atoms with E-state index >= 15 is 0 Å². The van der Waals surface area contributed by atoms with Gasteiger partial charge in [0.25, 0.3) is 0 Å². The number of morpholine rings is 2. The molecule has 3 atom stereocenters. The molecule has 3 aliphatic heterocycles. The molecule has 1 unspecified atom stereocenters. The third kappa shape index (κ3) is 3.91. The minimum atomic E-state index is -0.0199. The van der Waals surface area contributed by atoms with E-state index < -0.39 is 0 Å². The summed E-state index contributed by atoms with van der Waals surface area (Å²) in [5.41, 5.74) is 0.757. The second-order valence-corrected chi connectivity index (χ2v) is 9.35. The molecule has 3 aromatic rings. The van der Waals surface area contributed by atoms with Gasteiger partial charge in [-0.2, -0.15) is 24.8 Å². The first-order valence-corrected chi connectivity index (χ1v) is 12.3. The zero-order valence-electron chi connectivity index (χ0n) is 19.8. The summed E-state index contributed by atoms with van der Waals surface area (Å²) < 4.78 is 21.0. The summed E-state index contributed by atoms with van der Waals surface area (Å²) in [4.78, 5) is 14.6. The van der Waals surface area contributed by atoms with Crippen LogP contribution < -0.4 is 9.80 Å². The van der Waals surface area contributed by atoms with Crippen molar-refractivity contribution in [3.05, 3.63) is 18.5 Å². The van der Waals surface area contributed by atoms with Gasteiger partial charge in [0, 0.05) is 32.0 Å². The highest BCUT2D eigenvalue weighted by Gasteiger charge is 2.29. The Morgan fingerprint density at radius 3 is 2.47 bits per heavy atom. The van der Waals surface area contributed by atoms with Crippen LogP contribution >= 0.6 is 0 Å². The van der Waals surface area contributed by atoms with Gasteiger partial charge in [0.1, 0.15) is 12.0 Å². The number of anilines is 2. The number of rotatable bonds is 4. The van der Waals surface area contributed by atoms with Crippen LogP contribution in [0.25, 0.3) is 16.9 Å². The molecule has 0 bridgehead atoms. The topological polar surface area (TPSA) is 95.6 Å². The molecule has 3 saturated heterocycles. The molecule has 0 aliphatic carbocycles. The molecule has 6 rings (SSSR count). The van der Waals surface area contributed by atoms with Crippen molar-refractivity contribution in [2.45, 2.75) is 51.4 Å². The minimum absolute atomic E-state index is 0.0199. The predicted molar refractivity (Wildman–Crippen MR) is 127 cm³/mol.